The van der Waals surface area contributed by atoms with Crippen molar-refractivity contribution in [1.29, 1.82) is 0 Å². The molecule has 2 atom stereocenters. The van der Waals surface area contributed by atoms with E-state index in [2.05, 4.69) is 24.1 Å². The van der Waals surface area contributed by atoms with E-state index in [4.69, 9.17) is 0 Å². The minimum Gasteiger partial charge on any atom is -0.335 e. The van der Waals surface area contributed by atoms with Gasteiger partial charge in [-0.2, -0.15) is 0 Å². The Bertz CT molecular complexity index is 278. The molecule has 2 fully saturated rings. The lowest BCUT2D eigenvalue weighted by molar-refractivity contribution is 0.0962. The third-order valence-corrected chi connectivity index (χ3v) is 4.11. The zero-order valence-corrected chi connectivity index (χ0v) is 11.3. The fraction of sp³-hybridized carbons (Fsp3) is 0.923. The Morgan fingerprint density at radius 3 is 2.65 bits per heavy atom. The molecule has 17 heavy (non-hydrogen) atoms. The maximum atomic E-state index is 12.0. The highest BCUT2D eigenvalue weighted by Gasteiger charge is 2.32. The average Bonchev–Trinajstić information content (AvgIpc) is 3.11. The number of hydrogen-bond donors (Lipinski definition) is 1. The van der Waals surface area contributed by atoms with Crippen molar-refractivity contribution in [3.63, 3.8) is 0 Å². The number of piperidine rings is 1. The summed E-state index contributed by atoms with van der Waals surface area (Å²) in [4.78, 5) is 16.4. The third kappa shape index (κ3) is 3.12. The van der Waals surface area contributed by atoms with Crippen LogP contribution < -0.4 is 5.32 Å². The highest BCUT2D eigenvalue weighted by Crippen LogP contribution is 2.23. The molecule has 2 aliphatic rings. The normalized spacial score (nSPS) is 30.1. The van der Waals surface area contributed by atoms with Crippen LogP contribution in [0.1, 0.15) is 33.1 Å². The van der Waals surface area contributed by atoms with E-state index < -0.39 is 0 Å². The van der Waals surface area contributed by atoms with Crippen LogP contribution in [0.4, 0.5) is 4.79 Å². The zero-order valence-electron chi connectivity index (χ0n) is 11.3. The van der Waals surface area contributed by atoms with E-state index in [-0.39, 0.29) is 6.03 Å². The van der Waals surface area contributed by atoms with Crippen LogP contribution in [0.3, 0.4) is 0 Å². The lowest BCUT2D eigenvalue weighted by atomic mass is 9.93. The summed E-state index contributed by atoms with van der Waals surface area (Å²) in [6, 6.07) is 0.974. The van der Waals surface area contributed by atoms with Gasteiger partial charge >= 0.3 is 6.03 Å². The highest BCUT2D eigenvalue weighted by atomic mass is 16.2. The van der Waals surface area contributed by atoms with E-state index in [9.17, 15) is 4.79 Å². The van der Waals surface area contributed by atoms with Gasteiger partial charge in [-0.05, 0) is 31.7 Å². The zero-order chi connectivity index (χ0) is 12.4. The Hall–Kier alpha value is -0.770. The van der Waals surface area contributed by atoms with Crippen LogP contribution in [-0.4, -0.2) is 54.6 Å². The number of urea groups is 1. The molecule has 0 bridgehead atoms. The molecule has 4 heteroatoms. The summed E-state index contributed by atoms with van der Waals surface area (Å²) in [5, 5.41) is 3.07. The number of carbonyl (C=O) groups is 1. The Morgan fingerprint density at radius 1 is 1.41 bits per heavy atom. The number of hydrogen-bond acceptors (Lipinski definition) is 2. The van der Waals surface area contributed by atoms with E-state index >= 15 is 0 Å². The highest BCUT2D eigenvalue weighted by molar-refractivity contribution is 5.75. The number of likely N-dealkylation sites (tertiary alicyclic amines) is 1. The van der Waals surface area contributed by atoms with Crippen molar-refractivity contribution >= 4 is 6.03 Å². The fourth-order valence-electron chi connectivity index (χ4n) is 2.74. The van der Waals surface area contributed by atoms with E-state index in [1.807, 2.05) is 11.9 Å². The fourth-order valence-corrected chi connectivity index (χ4v) is 2.74. The second-order valence-corrected chi connectivity index (χ2v) is 5.56. The minimum atomic E-state index is 0.120. The smallest absolute Gasteiger partial charge is 0.317 e. The van der Waals surface area contributed by atoms with Crippen molar-refractivity contribution in [1.82, 2.24) is 15.1 Å². The van der Waals surface area contributed by atoms with Gasteiger partial charge < -0.3 is 15.1 Å². The number of nitrogens with one attached hydrogen (secondary N) is 1. The van der Waals surface area contributed by atoms with Gasteiger partial charge in [0.25, 0.3) is 0 Å². The maximum absolute atomic E-state index is 12.0. The first-order chi connectivity index (χ1) is 8.11. The second kappa shape index (κ2) is 5.25. The summed E-state index contributed by atoms with van der Waals surface area (Å²) in [6.07, 6.45) is 3.41. The summed E-state index contributed by atoms with van der Waals surface area (Å²) >= 11 is 0. The molecule has 2 rings (SSSR count). The average molecular weight is 239 g/mol. The van der Waals surface area contributed by atoms with Gasteiger partial charge in [0, 0.05) is 32.2 Å². The monoisotopic (exact) mass is 239 g/mol. The molecule has 0 spiro atoms. The number of nitrogens with zero attached hydrogens (tertiary/aromatic N) is 2. The van der Waals surface area contributed by atoms with Crippen LogP contribution >= 0.6 is 0 Å². The van der Waals surface area contributed by atoms with Gasteiger partial charge in [0.15, 0.2) is 0 Å². The van der Waals surface area contributed by atoms with Gasteiger partial charge in [-0.3, -0.25) is 0 Å². The topological polar surface area (TPSA) is 35.6 Å². The number of amides is 2. The van der Waals surface area contributed by atoms with Crippen molar-refractivity contribution < 1.29 is 4.79 Å². The van der Waals surface area contributed by atoms with Crippen LogP contribution in [0.15, 0.2) is 0 Å². The lowest BCUT2D eigenvalue weighted by Crippen LogP contribution is -2.53. The third-order valence-electron chi connectivity index (χ3n) is 4.11. The summed E-state index contributed by atoms with van der Waals surface area (Å²) in [5.74, 6) is 0.568. The number of rotatable bonds is 3. The molecule has 1 saturated carbocycles. The predicted octanol–water partition coefficient (Wildman–Crippen LogP) is 1.52. The first-order valence-corrected chi connectivity index (χ1v) is 6.87. The lowest BCUT2D eigenvalue weighted by Gasteiger charge is -2.40. The van der Waals surface area contributed by atoms with Crippen molar-refractivity contribution in [3.05, 3.63) is 0 Å². The maximum Gasteiger partial charge on any atom is 0.317 e. The molecule has 2 unspecified atom stereocenters. The van der Waals surface area contributed by atoms with Gasteiger partial charge in [-0.1, -0.05) is 13.8 Å². The Morgan fingerprint density at radius 2 is 2.12 bits per heavy atom. The van der Waals surface area contributed by atoms with Crippen LogP contribution in [0.25, 0.3) is 0 Å². The van der Waals surface area contributed by atoms with E-state index in [0.29, 0.717) is 18.0 Å². The minimum absolute atomic E-state index is 0.120. The molecule has 0 aromatic rings. The van der Waals surface area contributed by atoms with Gasteiger partial charge in [-0.25, -0.2) is 4.79 Å². The van der Waals surface area contributed by atoms with E-state index in [0.717, 1.165) is 38.9 Å². The van der Waals surface area contributed by atoms with E-state index in [1.54, 1.807) is 0 Å². The quantitative estimate of drug-likeness (QED) is 0.810. The standard InChI is InChI=1S/C13H25N3O/c1-4-16-8-7-12(10(2)9-16)15(3)13(17)14-11-5-6-11/h10-12H,4-9H2,1-3H3,(H,14,17). The van der Waals surface area contributed by atoms with Crippen molar-refractivity contribution in [2.45, 2.75) is 45.2 Å². The molecule has 1 aliphatic carbocycles. The molecule has 0 aromatic heterocycles. The molecule has 98 valence electrons. The molecule has 0 radical (unpaired) electrons. The van der Waals surface area contributed by atoms with Crippen LogP contribution in [0, 0.1) is 5.92 Å². The Kier molecular flexibility index (Phi) is 3.92. The number of carbonyl (C=O) groups excluding carboxylic acids is 1. The largest absolute Gasteiger partial charge is 0.335 e. The first kappa shape index (κ1) is 12.7. The van der Waals surface area contributed by atoms with Crippen LogP contribution in [0.5, 0.6) is 0 Å². The first-order valence-electron chi connectivity index (χ1n) is 6.87. The molecular formula is C13H25N3O. The van der Waals surface area contributed by atoms with Crippen LogP contribution in [0.2, 0.25) is 0 Å². The predicted molar refractivity (Wildman–Crippen MR) is 69.0 cm³/mol. The molecule has 1 N–H and O–H groups in total. The molecule has 1 saturated heterocycles. The summed E-state index contributed by atoms with van der Waals surface area (Å²) in [6.45, 7) is 7.81. The van der Waals surface area contributed by atoms with Gasteiger partial charge in [0.2, 0.25) is 0 Å². The molecule has 2 amide bonds. The molecule has 1 aliphatic heterocycles. The Labute approximate surface area is 104 Å². The molecular weight excluding hydrogens is 214 g/mol. The van der Waals surface area contributed by atoms with E-state index in [1.165, 1.54) is 0 Å². The second-order valence-electron chi connectivity index (χ2n) is 5.56. The van der Waals surface area contributed by atoms with Crippen molar-refractivity contribution in [3.8, 4) is 0 Å². The van der Waals surface area contributed by atoms with Crippen molar-refractivity contribution in [2.24, 2.45) is 5.92 Å². The van der Waals surface area contributed by atoms with Gasteiger partial charge in [-0.15, -0.1) is 0 Å². The Balaban J connectivity index is 1.85. The van der Waals surface area contributed by atoms with Crippen molar-refractivity contribution in [2.75, 3.05) is 26.7 Å². The molecule has 1 heterocycles. The van der Waals surface area contributed by atoms with Gasteiger partial charge in [0.05, 0.1) is 0 Å². The SMILES string of the molecule is CCN1CCC(N(C)C(=O)NC2CC2)C(C)C1. The summed E-state index contributed by atoms with van der Waals surface area (Å²) < 4.78 is 0. The molecule has 0 aromatic carbocycles. The van der Waals surface area contributed by atoms with Gasteiger partial charge in [0.1, 0.15) is 0 Å². The summed E-state index contributed by atoms with van der Waals surface area (Å²) in [7, 11) is 1.94. The summed E-state index contributed by atoms with van der Waals surface area (Å²) in [5.41, 5.74) is 0. The molecule has 4 nitrogen and oxygen atoms in total. The van der Waals surface area contributed by atoms with Crippen LogP contribution in [-0.2, 0) is 0 Å².